The fraction of sp³-hybridized carbons (Fsp3) is 0.200. The number of thiophene rings is 1. The van der Waals surface area contributed by atoms with Gasteiger partial charge in [0.2, 0.25) is 0 Å². The monoisotopic (exact) mass is 521 g/mol. The summed E-state index contributed by atoms with van der Waals surface area (Å²) in [4.78, 5) is 37.7. The summed E-state index contributed by atoms with van der Waals surface area (Å²) >= 11 is 2.75. The molecule has 3 N–H and O–H groups in total. The molecule has 0 radical (unpaired) electrons. The first-order valence-electron chi connectivity index (χ1n) is 11.4. The highest BCUT2D eigenvalue weighted by atomic mass is 32.1. The fourth-order valence-electron chi connectivity index (χ4n) is 4.45. The highest BCUT2D eigenvalue weighted by molar-refractivity contribution is 7.19. The van der Waals surface area contributed by atoms with Gasteiger partial charge in [0.15, 0.2) is 0 Å². The first-order chi connectivity index (χ1) is 17.5. The van der Waals surface area contributed by atoms with Crippen molar-refractivity contribution in [2.75, 3.05) is 5.32 Å². The first-order valence-corrected chi connectivity index (χ1v) is 13.0. The molecule has 182 valence electrons. The number of carbonyl (C=O) groups excluding carboxylic acids is 1. The number of hydrogen-bond acceptors (Lipinski definition) is 8. The molecule has 0 bridgehead atoms. The van der Waals surface area contributed by atoms with Crippen molar-refractivity contribution >= 4 is 60.7 Å². The summed E-state index contributed by atoms with van der Waals surface area (Å²) in [7, 11) is 0. The van der Waals surface area contributed by atoms with Crippen molar-refractivity contribution in [2.45, 2.75) is 31.9 Å². The molecule has 5 aromatic rings. The normalized spacial score (nSPS) is 15.1. The number of nitrogens with zero attached hydrogens (tertiary/aromatic N) is 2. The Kier molecular flexibility index (Phi) is 5.86. The lowest BCUT2D eigenvalue weighted by Crippen LogP contribution is -2.31. The SMILES string of the molecule is O=C(NCc1cccc(F)c1)OC1CCc2c(sc3ncnc(Nc4ccc5[nH]c(=O)sc5c4)c23)C1. The van der Waals surface area contributed by atoms with Gasteiger partial charge in [-0.1, -0.05) is 23.5 Å². The number of hydrogen-bond donors (Lipinski definition) is 3. The van der Waals surface area contributed by atoms with Crippen molar-refractivity contribution in [1.82, 2.24) is 20.3 Å². The molecule has 1 aliphatic carbocycles. The Bertz CT molecular complexity index is 1660. The molecule has 0 fully saturated rings. The second-order valence-corrected chi connectivity index (χ2v) is 10.6. The summed E-state index contributed by atoms with van der Waals surface area (Å²) in [6.45, 7) is 0.202. The lowest BCUT2D eigenvalue weighted by Gasteiger charge is -2.23. The van der Waals surface area contributed by atoms with Gasteiger partial charge < -0.3 is 20.4 Å². The molecule has 1 unspecified atom stereocenters. The van der Waals surface area contributed by atoms with Gasteiger partial charge in [0, 0.05) is 23.5 Å². The van der Waals surface area contributed by atoms with E-state index in [2.05, 4.69) is 25.6 Å². The van der Waals surface area contributed by atoms with E-state index in [1.807, 2.05) is 18.2 Å². The molecular weight excluding hydrogens is 501 g/mol. The number of halogens is 1. The van der Waals surface area contributed by atoms with Crippen molar-refractivity contribution in [3.05, 3.63) is 80.3 Å². The van der Waals surface area contributed by atoms with Gasteiger partial charge in [-0.05, 0) is 54.3 Å². The van der Waals surface area contributed by atoms with Crippen molar-refractivity contribution < 1.29 is 13.9 Å². The van der Waals surface area contributed by atoms with Gasteiger partial charge in [0.25, 0.3) is 0 Å². The molecule has 8 nitrogen and oxygen atoms in total. The predicted molar refractivity (Wildman–Crippen MR) is 139 cm³/mol. The average Bonchev–Trinajstić information content (AvgIpc) is 3.42. The molecule has 2 aromatic carbocycles. The third-order valence-corrected chi connectivity index (χ3v) is 8.09. The van der Waals surface area contributed by atoms with E-state index in [1.165, 1.54) is 35.4 Å². The Hall–Kier alpha value is -3.83. The zero-order valence-corrected chi connectivity index (χ0v) is 20.5. The summed E-state index contributed by atoms with van der Waals surface area (Å²) in [6.07, 6.45) is 2.79. The number of aromatic nitrogens is 3. The van der Waals surface area contributed by atoms with E-state index in [4.69, 9.17) is 4.74 Å². The molecule has 0 saturated heterocycles. The number of rotatable bonds is 5. The Morgan fingerprint density at radius 2 is 2.11 bits per heavy atom. The van der Waals surface area contributed by atoms with E-state index < -0.39 is 6.09 Å². The number of ether oxygens (including phenoxy) is 1. The van der Waals surface area contributed by atoms with Crippen molar-refractivity contribution in [3.63, 3.8) is 0 Å². The summed E-state index contributed by atoms with van der Waals surface area (Å²) in [5.74, 6) is 0.373. The molecule has 1 amide bonds. The van der Waals surface area contributed by atoms with E-state index >= 15 is 0 Å². The number of H-pyrrole nitrogens is 1. The maximum atomic E-state index is 13.3. The van der Waals surface area contributed by atoms with Crippen LogP contribution in [0, 0.1) is 5.82 Å². The lowest BCUT2D eigenvalue weighted by molar-refractivity contribution is 0.0899. The van der Waals surface area contributed by atoms with Crippen LogP contribution in [0.4, 0.5) is 20.7 Å². The molecular formula is C25H20FN5O3S2. The topological polar surface area (TPSA) is 109 Å². The number of thiazole rings is 1. The molecule has 1 atom stereocenters. The number of alkyl carbamates (subject to hydrolysis) is 1. The van der Waals surface area contributed by atoms with Crippen LogP contribution in [-0.4, -0.2) is 27.1 Å². The van der Waals surface area contributed by atoms with Gasteiger partial charge in [0.05, 0.1) is 15.6 Å². The van der Waals surface area contributed by atoms with Crippen LogP contribution in [0.15, 0.2) is 53.6 Å². The minimum absolute atomic E-state index is 0.0853. The molecule has 6 rings (SSSR count). The molecule has 1 aliphatic rings. The van der Waals surface area contributed by atoms with Crippen LogP contribution in [0.5, 0.6) is 0 Å². The number of nitrogens with one attached hydrogen (secondary N) is 3. The molecule has 3 heterocycles. The van der Waals surface area contributed by atoms with Crippen molar-refractivity contribution in [1.29, 1.82) is 0 Å². The Morgan fingerprint density at radius 1 is 1.19 bits per heavy atom. The van der Waals surface area contributed by atoms with Crippen LogP contribution in [0.2, 0.25) is 0 Å². The number of aromatic amines is 1. The van der Waals surface area contributed by atoms with Gasteiger partial charge in [-0.2, -0.15) is 0 Å². The molecule has 0 spiro atoms. The minimum atomic E-state index is -0.515. The van der Waals surface area contributed by atoms with Gasteiger partial charge in [-0.25, -0.2) is 19.2 Å². The Labute approximate surface area is 212 Å². The van der Waals surface area contributed by atoms with Crippen LogP contribution in [0.25, 0.3) is 20.4 Å². The predicted octanol–water partition coefficient (Wildman–Crippen LogP) is 5.26. The van der Waals surface area contributed by atoms with Crippen LogP contribution in [0.1, 0.15) is 22.4 Å². The maximum Gasteiger partial charge on any atom is 0.407 e. The molecule has 0 aliphatic heterocycles. The van der Waals surface area contributed by atoms with Gasteiger partial charge in [-0.3, -0.25) is 4.79 Å². The summed E-state index contributed by atoms with van der Waals surface area (Å²) in [5.41, 5.74) is 3.49. The van der Waals surface area contributed by atoms with Crippen LogP contribution in [0.3, 0.4) is 0 Å². The zero-order chi connectivity index (χ0) is 24.6. The highest BCUT2D eigenvalue weighted by Gasteiger charge is 2.27. The van der Waals surface area contributed by atoms with E-state index in [0.717, 1.165) is 37.4 Å². The Morgan fingerprint density at radius 3 is 3.00 bits per heavy atom. The first kappa shape index (κ1) is 22.6. The maximum absolute atomic E-state index is 13.3. The van der Waals surface area contributed by atoms with Crippen molar-refractivity contribution in [2.24, 2.45) is 0 Å². The summed E-state index contributed by atoms with van der Waals surface area (Å²) < 4.78 is 19.9. The molecule has 11 heteroatoms. The van der Waals surface area contributed by atoms with Crippen LogP contribution >= 0.6 is 22.7 Å². The second kappa shape index (κ2) is 9.32. The standard InChI is InChI=1S/C25H20FN5O3S2/c26-14-3-1-2-13(8-14)11-27-24(32)34-16-5-6-17-19(10-16)35-23-21(17)22(28-12-29-23)30-15-4-7-18-20(9-15)36-25(33)31-18/h1-4,7-9,12,16H,5-6,10-11H2,(H,27,32)(H,31,33)(H,28,29,30). The fourth-order valence-corrected chi connectivity index (χ4v) is 6.48. The summed E-state index contributed by atoms with van der Waals surface area (Å²) in [6, 6.07) is 11.8. The molecule has 0 saturated carbocycles. The number of fused-ring (bicyclic) bond motifs is 4. The van der Waals surface area contributed by atoms with E-state index in [-0.39, 0.29) is 23.3 Å². The minimum Gasteiger partial charge on any atom is -0.446 e. The number of amides is 1. The van der Waals surface area contributed by atoms with E-state index in [1.54, 1.807) is 23.5 Å². The molecule has 3 aromatic heterocycles. The quantitative estimate of drug-likeness (QED) is 0.291. The number of aryl methyl sites for hydroxylation is 1. The van der Waals surface area contributed by atoms with Gasteiger partial charge in [0.1, 0.15) is 28.9 Å². The number of anilines is 2. The van der Waals surface area contributed by atoms with E-state index in [0.29, 0.717) is 24.2 Å². The third-order valence-electron chi connectivity index (χ3n) is 6.08. The number of carbonyl (C=O) groups is 1. The smallest absolute Gasteiger partial charge is 0.407 e. The highest BCUT2D eigenvalue weighted by Crippen LogP contribution is 2.39. The van der Waals surface area contributed by atoms with Gasteiger partial charge in [-0.15, -0.1) is 11.3 Å². The molecule has 36 heavy (non-hydrogen) atoms. The lowest BCUT2D eigenvalue weighted by atomic mass is 9.94. The third kappa shape index (κ3) is 4.54. The summed E-state index contributed by atoms with van der Waals surface area (Å²) in [5, 5.41) is 7.07. The van der Waals surface area contributed by atoms with Crippen LogP contribution in [-0.2, 0) is 24.1 Å². The van der Waals surface area contributed by atoms with E-state index in [9.17, 15) is 14.0 Å². The van der Waals surface area contributed by atoms with Gasteiger partial charge >= 0.3 is 11.0 Å². The largest absolute Gasteiger partial charge is 0.446 e. The Balaban J connectivity index is 1.17. The van der Waals surface area contributed by atoms with Crippen molar-refractivity contribution in [3.8, 4) is 0 Å². The van der Waals surface area contributed by atoms with Crippen LogP contribution < -0.4 is 15.5 Å². The number of benzene rings is 2. The second-order valence-electron chi connectivity index (χ2n) is 8.51. The average molecular weight is 522 g/mol. The zero-order valence-electron chi connectivity index (χ0n) is 18.8.